The van der Waals surface area contributed by atoms with Crippen LogP contribution in [0.4, 0.5) is 0 Å². The summed E-state index contributed by atoms with van der Waals surface area (Å²) in [5.41, 5.74) is 6.56. The standard InChI is InChI=1S/C11H17NO2S/c1-8-5-4-6-11(7-8)15(13,14)10(3)9(2)12/h4-7,9-10H,12H2,1-3H3. The third-order valence-electron chi connectivity index (χ3n) is 2.55. The second-order valence-corrected chi connectivity index (χ2v) is 6.23. The molecule has 2 unspecified atom stereocenters. The minimum Gasteiger partial charge on any atom is -0.327 e. The normalized spacial score (nSPS) is 16.0. The van der Waals surface area contributed by atoms with Gasteiger partial charge in [0.25, 0.3) is 0 Å². The van der Waals surface area contributed by atoms with E-state index < -0.39 is 15.1 Å². The zero-order valence-electron chi connectivity index (χ0n) is 9.27. The Bertz CT molecular complexity index is 438. The maximum absolute atomic E-state index is 12.0. The van der Waals surface area contributed by atoms with Crippen LogP contribution in [-0.4, -0.2) is 19.7 Å². The molecular weight excluding hydrogens is 210 g/mol. The van der Waals surface area contributed by atoms with Gasteiger partial charge in [-0.05, 0) is 38.5 Å². The molecule has 0 saturated carbocycles. The van der Waals surface area contributed by atoms with Crippen molar-refractivity contribution in [2.75, 3.05) is 0 Å². The van der Waals surface area contributed by atoms with Crippen molar-refractivity contribution >= 4 is 9.84 Å². The SMILES string of the molecule is Cc1cccc(S(=O)(=O)C(C)C(C)N)c1. The van der Waals surface area contributed by atoms with Crippen LogP contribution in [0, 0.1) is 6.92 Å². The molecular formula is C11H17NO2S. The fourth-order valence-corrected chi connectivity index (χ4v) is 2.90. The maximum atomic E-state index is 12.0. The molecule has 0 amide bonds. The molecule has 1 aromatic rings. The number of sulfone groups is 1. The van der Waals surface area contributed by atoms with Gasteiger partial charge >= 0.3 is 0 Å². The fourth-order valence-electron chi connectivity index (χ4n) is 1.29. The monoisotopic (exact) mass is 227 g/mol. The molecule has 1 rings (SSSR count). The molecule has 3 nitrogen and oxygen atoms in total. The quantitative estimate of drug-likeness (QED) is 0.851. The molecule has 0 saturated heterocycles. The van der Waals surface area contributed by atoms with Crippen molar-refractivity contribution in [3.05, 3.63) is 29.8 Å². The molecule has 0 aliphatic carbocycles. The van der Waals surface area contributed by atoms with Crippen LogP contribution < -0.4 is 5.73 Å². The van der Waals surface area contributed by atoms with Crippen LogP contribution in [0.2, 0.25) is 0 Å². The molecule has 2 atom stereocenters. The summed E-state index contributed by atoms with van der Waals surface area (Å²) in [4.78, 5) is 0.354. The lowest BCUT2D eigenvalue weighted by Gasteiger charge is -2.16. The van der Waals surface area contributed by atoms with Crippen molar-refractivity contribution in [2.45, 2.75) is 37.0 Å². The first-order valence-electron chi connectivity index (χ1n) is 4.92. The number of hydrogen-bond donors (Lipinski definition) is 1. The third kappa shape index (κ3) is 2.58. The summed E-state index contributed by atoms with van der Waals surface area (Å²) in [6.45, 7) is 5.22. The Morgan fingerprint density at radius 1 is 1.27 bits per heavy atom. The Balaban J connectivity index is 3.17. The Kier molecular flexibility index (Phi) is 3.52. The molecule has 15 heavy (non-hydrogen) atoms. The van der Waals surface area contributed by atoms with Crippen molar-refractivity contribution < 1.29 is 8.42 Å². The molecule has 2 N–H and O–H groups in total. The van der Waals surface area contributed by atoms with Gasteiger partial charge in [-0.15, -0.1) is 0 Å². The summed E-state index contributed by atoms with van der Waals surface area (Å²) in [5.74, 6) is 0. The minimum atomic E-state index is -3.29. The zero-order chi connectivity index (χ0) is 11.6. The van der Waals surface area contributed by atoms with Gasteiger partial charge in [-0.2, -0.15) is 0 Å². The highest BCUT2D eigenvalue weighted by Crippen LogP contribution is 2.18. The second-order valence-electron chi connectivity index (χ2n) is 3.93. The molecule has 0 aliphatic rings. The summed E-state index contributed by atoms with van der Waals surface area (Å²) < 4.78 is 24.1. The lowest BCUT2D eigenvalue weighted by Crippen LogP contribution is -2.35. The van der Waals surface area contributed by atoms with E-state index in [2.05, 4.69) is 0 Å². The van der Waals surface area contributed by atoms with Gasteiger partial charge in [-0.3, -0.25) is 0 Å². The van der Waals surface area contributed by atoms with E-state index in [0.717, 1.165) is 5.56 Å². The van der Waals surface area contributed by atoms with Crippen molar-refractivity contribution in [3.63, 3.8) is 0 Å². The largest absolute Gasteiger partial charge is 0.327 e. The van der Waals surface area contributed by atoms with Crippen LogP contribution in [-0.2, 0) is 9.84 Å². The van der Waals surface area contributed by atoms with Crippen molar-refractivity contribution in [1.29, 1.82) is 0 Å². The highest BCUT2D eigenvalue weighted by molar-refractivity contribution is 7.92. The molecule has 0 heterocycles. The predicted octanol–water partition coefficient (Wildman–Crippen LogP) is 1.50. The average molecular weight is 227 g/mol. The van der Waals surface area contributed by atoms with E-state index in [4.69, 9.17) is 5.73 Å². The van der Waals surface area contributed by atoms with E-state index >= 15 is 0 Å². The molecule has 84 valence electrons. The van der Waals surface area contributed by atoms with Crippen LogP contribution in [0.15, 0.2) is 29.2 Å². The maximum Gasteiger partial charge on any atom is 0.182 e. The highest BCUT2D eigenvalue weighted by atomic mass is 32.2. The van der Waals surface area contributed by atoms with E-state index in [9.17, 15) is 8.42 Å². The van der Waals surface area contributed by atoms with Crippen molar-refractivity contribution in [3.8, 4) is 0 Å². The number of nitrogens with two attached hydrogens (primary N) is 1. The first-order chi connectivity index (χ1) is 6.85. The lowest BCUT2D eigenvalue weighted by atomic mass is 10.2. The van der Waals surface area contributed by atoms with Crippen LogP contribution in [0.5, 0.6) is 0 Å². The zero-order valence-corrected chi connectivity index (χ0v) is 10.1. The van der Waals surface area contributed by atoms with E-state index in [1.807, 2.05) is 13.0 Å². The molecule has 0 fully saturated rings. The first-order valence-corrected chi connectivity index (χ1v) is 6.46. The molecule has 0 spiro atoms. The summed E-state index contributed by atoms with van der Waals surface area (Å²) in [5, 5.41) is -0.556. The molecule has 0 radical (unpaired) electrons. The Hall–Kier alpha value is -0.870. The van der Waals surface area contributed by atoms with Gasteiger partial charge in [0, 0.05) is 6.04 Å². The molecule has 0 aromatic heterocycles. The van der Waals surface area contributed by atoms with Crippen LogP contribution >= 0.6 is 0 Å². The minimum absolute atomic E-state index is 0.354. The molecule has 0 bridgehead atoms. The Morgan fingerprint density at radius 3 is 2.33 bits per heavy atom. The summed E-state index contributed by atoms with van der Waals surface area (Å²) in [6.07, 6.45) is 0. The van der Waals surface area contributed by atoms with Gasteiger partial charge in [-0.1, -0.05) is 12.1 Å². The number of benzene rings is 1. The highest BCUT2D eigenvalue weighted by Gasteiger charge is 2.26. The third-order valence-corrected chi connectivity index (χ3v) is 4.87. The van der Waals surface area contributed by atoms with Gasteiger partial charge < -0.3 is 5.73 Å². The second kappa shape index (κ2) is 4.33. The van der Waals surface area contributed by atoms with Crippen LogP contribution in [0.25, 0.3) is 0 Å². The summed E-state index contributed by atoms with van der Waals surface area (Å²) in [6, 6.07) is 6.54. The smallest absolute Gasteiger partial charge is 0.182 e. The topological polar surface area (TPSA) is 60.2 Å². The van der Waals surface area contributed by atoms with Gasteiger partial charge in [0.2, 0.25) is 0 Å². The molecule has 1 aromatic carbocycles. The van der Waals surface area contributed by atoms with Gasteiger partial charge in [0.15, 0.2) is 9.84 Å². The number of aryl methyl sites for hydroxylation is 1. The first kappa shape index (κ1) is 12.2. The van der Waals surface area contributed by atoms with E-state index in [1.54, 1.807) is 32.0 Å². The van der Waals surface area contributed by atoms with Gasteiger partial charge in [-0.25, -0.2) is 8.42 Å². The number of hydrogen-bond acceptors (Lipinski definition) is 3. The van der Waals surface area contributed by atoms with E-state index in [0.29, 0.717) is 4.90 Å². The molecule has 4 heteroatoms. The summed E-state index contributed by atoms with van der Waals surface area (Å²) in [7, 11) is -3.29. The Labute approximate surface area is 91.2 Å². The average Bonchev–Trinajstić information content (AvgIpc) is 2.16. The van der Waals surface area contributed by atoms with E-state index in [-0.39, 0.29) is 6.04 Å². The summed E-state index contributed by atoms with van der Waals surface area (Å²) >= 11 is 0. The Morgan fingerprint density at radius 2 is 1.87 bits per heavy atom. The van der Waals surface area contributed by atoms with Gasteiger partial charge in [0.05, 0.1) is 10.1 Å². The molecule has 0 aliphatic heterocycles. The lowest BCUT2D eigenvalue weighted by molar-refractivity contribution is 0.568. The number of rotatable bonds is 3. The van der Waals surface area contributed by atoms with Crippen molar-refractivity contribution in [1.82, 2.24) is 0 Å². The van der Waals surface area contributed by atoms with Crippen LogP contribution in [0.3, 0.4) is 0 Å². The fraction of sp³-hybridized carbons (Fsp3) is 0.455. The van der Waals surface area contributed by atoms with Crippen molar-refractivity contribution in [2.24, 2.45) is 5.73 Å². The van der Waals surface area contributed by atoms with E-state index in [1.165, 1.54) is 0 Å². The van der Waals surface area contributed by atoms with Crippen LogP contribution in [0.1, 0.15) is 19.4 Å². The van der Waals surface area contributed by atoms with Gasteiger partial charge in [0.1, 0.15) is 0 Å². The predicted molar refractivity (Wildman–Crippen MR) is 61.5 cm³/mol.